The molecule has 0 bridgehead atoms. The summed E-state index contributed by atoms with van der Waals surface area (Å²) in [5.74, 6) is 0. The van der Waals surface area contributed by atoms with Crippen molar-refractivity contribution in [3.63, 3.8) is 0 Å². The summed E-state index contributed by atoms with van der Waals surface area (Å²) in [6.45, 7) is 0. The van der Waals surface area contributed by atoms with E-state index in [0.29, 0.717) is 21.5 Å². The van der Waals surface area contributed by atoms with Gasteiger partial charge in [-0.05, 0) is 29.7 Å². The fraction of sp³-hybridized carbons (Fsp3) is 0.143. The molecule has 4 heteroatoms. The maximum atomic E-state index is 6.16. The van der Waals surface area contributed by atoms with E-state index in [9.17, 15) is 0 Å². The molecule has 0 fully saturated rings. The Balaban J connectivity index is 2.25. The molecule has 2 N–H and O–H groups in total. The van der Waals surface area contributed by atoms with Crippen LogP contribution in [0.2, 0.25) is 15.1 Å². The van der Waals surface area contributed by atoms with Gasteiger partial charge in [0, 0.05) is 11.1 Å². The Bertz CT molecular complexity index is 554. The van der Waals surface area contributed by atoms with Gasteiger partial charge in [0.05, 0.1) is 10.0 Å². The van der Waals surface area contributed by atoms with Crippen molar-refractivity contribution in [1.29, 1.82) is 0 Å². The highest BCUT2D eigenvalue weighted by atomic mass is 35.5. The molecule has 0 aliphatic carbocycles. The van der Waals surface area contributed by atoms with E-state index in [1.165, 1.54) is 0 Å². The number of nitrogens with two attached hydrogens (primary N) is 1. The predicted molar refractivity (Wildman–Crippen MR) is 78.5 cm³/mol. The first-order valence-electron chi connectivity index (χ1n) is 5.52. The van der Waals surface area contributed by atoms with Crippen LogP contribution in [0.25, 0.3) is 0 Å². The Kier molecular flexibility index (Phi) is 4.52. The zero-order chi connectivity index (χ0) is 13.1. The van der Waals surface area contributed by atoms with Crippen molar-refractivity contribution in [3.8, 4) is 0 Å². The second-order valence-electron chi connectivity index (χ2n) is 4.05. The van der Waals surface area contributed by atoms with Crippen LogP contribution in [-0.2, 0) is 6.42 Å². The lowest BCUT2D eigenvalue weighted by Gasteiger charge is -2.15. The van der Waals surface area contributed by atoms with E-state index >= 15 is 0 Å². The molecule has 94 valence electrons. The van der Waals surface area contributed by atoms with Gasteiger partial charge in [-0.3, -0.25) is 0 Å². The molecule has 18 heavy (non-hydrogen) atoms. The van der Waals surface area contributed by atoms with Gasteiger partial charge in [0.25, 0.3) is 0 Å². The van der Waals surface area contributed by atoms with Crippen molar-refractivity contribution >= 4 is 34.8 Å². The minimum atomic E-state index is -0.226. The summed E-state index contributed by atoms with van der Waals surface area (Å²) in [4.78, 5) is 0. The molecule has 1 nitrogen and oxygen atoms in total. The molecule has 2 aromatic rings. The zero-order valence-corrected chi connectivity index (χ0v) is 11.8. The number of hydrogen-bond donors (Lipinski definition) is 1. The normalized spacial score (nSPS) is 12.4. The van der Waals surface area contributed by atoms with Crippen LogP contribution < -0.4 is 5.73 Å². The highest BCUT2D eigenvalue weighted by Gasteiger charge is 2.14. The minimum Gasteiger partial charge on any atom is -0.324 e. The summed E-state index contributed by atoms with van der Waals surface area (Å²) >= 11 is 18.2. The molecule has 0 aliphatic heterocycles. The second kappa shape index (κ2) is 5.94. The van der Waals surface area contributed by atoms with Crippen molar-refractivity contribution in [1.82, 2.24) is 0 Å². The predicted octanol–water partition coefficient (Wildman–Crippen LogP) is 4.89. The van der Waals surface area contributed by atoms with Crippen LogP contribution in [0.3, 0.4) is 0 Å². The first-order valence-corrected chi connectivity index (χ1v) is 6.66. The number of hydrogen-bond acceptors (Lipinski definition) is 1. The lowest BCUT2D eigenvalue weighted by Crippen LogP contribution is -2.14. The molecule has 2 rings (SSSR count). The van der Waals surface area contributed by atoms with Crippen LogP contribution in [0.4, 0.5) is 0 Å². The summed E-state index contributed by atoms with van der Waals surface area (Å²) in [5.41, 5.74) is 8.00. The van der Waals surface area contributed by atoms with Crippen molar-refractivity contribution in [2.45, 2.75) is 12.5 Å². The average molecular weight is 301 g/mol. The molecule has 2 aromatic carbocycles. The van der Waals surface area contributed by atoms with Crippen molar-refractivity contribution in [2.24, 2.45) is 5.73 Å². The van der Waals surface area contributed by atoms with Gasteiger partial charge in [0.1, 0.15) is 0 Å². The molecule has 0 radical (unpaired) electrons. The van der Waals surface area contributed by atoms with E-state index in [4.69, 9.17) is 40.5 Å². The average Bonchev–Trinajstić information content (AvgIpc) is 2.35. The molecular weight excluding hydrogens is 289 g/mol. The van der Waals surface area contributed by atoms with E-state index in [-0.39, 0.29) is 6.04 Å². The molecule has 0 saturated heterocycles. The van der Waals surface area contributed by atoms with Gasteiger partial charge in [-0.15, -0.1) is 0 Å². The third kappa shape index (κ3) is 2.99. The Hall–Kier alpha value is -0.730. The second-order valence-corrected chi connectivity index (χ2v) is 5.24. The molecule has 0 aliphatic rings. The van der Waals surface area contributed by atoms with E-state index < -0.39 is 0 Å². The van der Waals surface area contributed by atoms with Gasteiger partial charge in [-0.2, -0.15) is 0 Å². The third-order valence-corrected chi connectivity index (χ3v) is 3.98. The van der Waals surface area contributed by atoms with E-state index in [1.54, 1.807) is 6.07 Å². The van der Waals surface area contributed by atoms with Crippen molar-refractivity contribution in [3.05, 3.63) is 68.7 Å². The first kappa shape index (κ1) is 13.7. The van der Waals surface area contributed by atoms with Gasteiger partial charge in [0.2, 0.25) is 0 Å². The van der Waals surface area contributed by atoms with E-state index in [1.807, 2.05) is 36.4 Å². The van der Waals surface area contributed by atoms with Crippen LogP contribution in [0.15, 0.2) is 42.5 Å². The maximum Gasteiger partial charge on any atom is 0.0640 e. The molecule has 0 aromatic heterocycles. The fourth-order valence-corrected chi connectivity index (χ4v) is 2.48. The summed E-state index contributed by atoms with van der Waals surface area (Å²) < 4.78 is 0. The summed E-state index contributed by atoms with van der Waals surface area (Å²) in [7, 11) is 0. The molecule has 1 unspecified atom stereocenters. The van der Waals surface area contributed by atoms with Gasteiger partial charge < -0.3 is 5.73 Å². The lowest BCUT2D eigenvalue weighted by molar-refractivity contribution is 0.722. The van der Waals surface area contributed by atoms with E-state index in [0.717, 1.165) is 11.1 Å². The SMILES string of the molecule is NC(Cc1ccccc1Cl)c1cccc(Cl)c1Cl. The van der Waals surface area contributed by atoms with Gasteiger partial charge >= 0.3 is 0 Å². The number of halogens is 3. The Morgan fingerprint density at radius 3 is 2.28 bits per heavy atom. The number of rotatable bonds is 3. The Labute approximate surface area is 121 Å². The molecular formula is C14H12Cl3N. The maximum absolute atomic E-state index is 6.16. The zero-order valence-electron chi connectivity index (χ0n) is 9.54. The van der Waals surface area contributed by atoms with Crippen LogP contribution in [0, 0.1) is 0 Å². The van der Waals surface area contributed by atoms with Gasteiger partial charge in [0.15, 0.2) is 0 Å². The van der Waals surface area contributed by atoms with Crippen LogP contribution in [0.5, 0.6) is 0 Å². The highest BCUT2D eigenvalue weighted by molar-refractivity contribution is 6.42. The monoisotopic (exact) mass is 299 g/mol. The number of benzene rings is 2. The third-order valence-electron chi connectivity index (χ3n) is 2.78. The van der Waals surface area contributed by atoms with Crippen LogP contribution in [0.1, 0.15) is 17.2 Å². The first-order chi connectivity index (χ1) is 8.59. The fourth-order valence-electron chi connectivity index (χ4n) is 1.82. The van der Waals surface area contributed by atoms with Gasteiger partial charge in [-0.1, -0.05) is 65.1 Å². The van der Waals surface area contributed by atoms with Gasteiger partial charge in [-0.25, -0.2) is 0 Å². The van der Waals surface area contributed by atoms with Crippen molar-refractivity contribution in [2.75, 3.05) is 0 Å². The van der Waals surface area contributed by atoms with E-state index in [2.05, 4.69) is 0 Å². The Morgan fingerprint density at radius 2 is 1.56 bits per heavy atom. The van der Waals surface area contributed by atoms with Crippen LogP contribution in [-0.4, -0.2) is 0 Å². The van der Waals surface area contributed by atoms with Crippen molar-refractivity contribution < 1.29 is 0 Å². The molecule has 0 heterocycles. The topological polar surface area (TPSA) is 26.0 Å². The summed E-state index contributed by atoms with van der Waals surface area (Å²) in [6.07, 6.45) is 0.625. The molecule has 0 amide bonds. The Morgan fingerprint density at radius 1 is 0.889 bits per heavy atom. The molecule has 1 atom stereocenters. The highest BCUT2D eigenvalue weighted by Crippen LogP contribution is 2.31. The summed E-state index contributed by atoms with van der Waals surface area (Å²) in [6, 6.07) is 12.9. The quantitative estimate of drug-likeness (QED) is 0.858. The standard InChI is InChI=1S/C14H12Cl3N/c15-11-6-2-1-4-9(11)8-13(18)10-5-3-7-12(16)14(10)17/h1-7,13H,8,18H2. The summed E-state index contributed by atoms with van der Waals surface area (Å²) in [5, 5.41) is 1.74. The molecule has 0 saturated carbocycles. The largest absolute Gasteiger partial charge is 0.324 e. The lowest BCUT2D eigenvalue weighted by atomic mass is 9.99. The molecule has 0 spiro atoms. The van der Waals surface area contributed by atoms with Crippen LogP contribution >= 0.6 is 34.8 Å². The minimum absolute atomic E-state index is 0.226. The smallest absolute Gasteiger partial charge is 0.0640 e.